The molecule has 0 bridgehead atoms. The van der Waals surface area contributed by atoms with E-state index >= 15 is 0 Å². The third-order valence-corrected chi connectivity index (χ3v) is 5.14. The van der Waals surface area contributed by atoms with E-state index in [2.05, 4.69) is 20.3 Å². The molecule has 220 valence electrons. The van der Waals surface area contributed by atoms with Crippen molar-refractivity contribution >= 4 is 35.5 Å². The van der Waals surface area contributed by atoms with Crippen molar-refractivity contribution in [2.75, 3.05) is 31.7 Å². The molecule has 0 aliphatic carbocycles. The van der Waals surface area contributed by atoms with E-state index in [0.29, 0.717) is 0 Å². The average molecular weight is 578 g/mol. The largest absolute Gasteiger partial charge is 0.468 e. The van der Waals surface area contributed by atoms with Crippen LogP contribution in [0.3, 0.4) is 0 Å². The molecular weight excluding hydrogens is 552 g/mol. The molecule has 2 aromatic rings. The van der Waals surface area contributed by atoms with Gasteiger partial charge in [-0.15, -0.1) is 0 Å². The number of nitrogens with zero attached hydrogens (tertiary/aromatic N) is 5. The highest BCUT2D eigenvalue weighted by Crippen LogP contribution is 2.32. The molecule has 1 heterocycles. The van der Waals surface area contributed by atoms with Gasteiger partial charge < -0.3 is 24.3 Å². The summed E-state index contributed by atoms with van der Waals surface area (Å²) in [5.74, 6) is -10.7. The molecule has 0 saturated carbocycles. The third-order valence-electron chi connectivity index (χ3n) is 5.14. The summed E-state index contributed by atoms with van der Waals surface area (Å²) in [4.78, 5) is 85.6. The predicted octanol–water partition coefficient (Wildman–Crippen LogP) is 0.812. The number of hydrogen-bond acceptors (Lipinski definition) is 16. The maximum absolute atomic E-state index is 13.1. The molecule has 0 unspecified atom stereocenters. The zero-order valence-corrected chi connectivity index (χ0v) is 22.4. The highest BCUT2D eigenvalue weighted by molar-refractivity contribution is 6.04. The lowest BCUT2D eigenvalue weighted by molar-refractivity contribution is -0.554. The number of benzene rings is 1. The Morgan fingerprint density at radius 2 is 1.02 bits per heavy atom. The standard InChI is InChI=1S/C23H26N6O12/c1-5-38-17(30)22(28(34)35,18(31)39-6-2)15-25-16(27-21(26-15)24-14-12-10-9-11-13-14)23(29(36)37,19(32)40-7-3)20(33)41-8-4/h9-13H,5-8H2,1-4H3,(H,24,25,26,27). The summed E-state index contributed by atoms with van der Waals surface area (Å²) in [6.07, 6.45) is 0. The van der Waals surface area contributed by atoms with Gasteiger partial charge in [0.05, 0.1) is 36.3 Å². The molecule has 1 aromatic heterocycles. The first-order valence-electron chi connectivity index (χ1n) is 12.0. The van der Waals surface area contributed by atoms with Gasteiger partial charge in [-0.05, 0) is 39.8 Å². The van der Waals surface area contributed by atoms with E-state index in [9.17, 15) is 39.4 Å². The summed E-state index contributed by atoms with van der Waals surface area (Å²) < 4.78 is 19.1. The van der Waals surface area contributed by atoms with Gasteiger partial charge >= 0.3 is 35.0 Å². The van der Waals surface area contributed by atoms with Crippen LogP contribution in [0.5, 0.6) is 0 Å². The monoisotopic (exact) mass is 578 g/mol. The van der Waals surface area contributed by atoms with Crippen LogP contribution in [0.2, 0.25) is 0 Å². The lowest BCUT2D eigenvalue weighted by Crippen LogP contribution is -2.56. The molecule has 2 rings (SSSR count). The molecule has 0 radical (unpaired) electrons. The fourth-order valence-electron chi connectivity index (χ4n) is 3.34. The van der Waals surface area contributed by atoms with Crippen molar-refractivity contribution in [1.82, 2.24) is 15.0 Å². The van der Waals surface area contributed by atoms with Gasteiger partial charge in [0.25, 0.3) is 0 Å². The smallest absolute Gasteiger partial charge is 0.460 e. The first-order chi connectivity index (χ1) is 19.5. The Labute approximate surface area is 231 Å². The van der Waals surface area contributed by atoms with Crippen LogP contribution < -0.4 is 5.32 Å². The zero-order chi connectivity index (χ0) is 30.8. The van der Waals surface area contributed by atoms with Crippen LogP contribution in [0, 0.1) is 20.2 Å². The molecule has 1 N–H and O–H groups in total. The third kappa shape index (κ3) is 5.99. The Balaban J connectivity index is 3.13. The molecule has 18 heteroatoms. The van der Waals surface area contributed by atoms with Crippen molar-refractivity contribution in [3.05, 3.63) is 62.2 Å². The van der Waals surface area contributed by atoms with Crippen LogP contribution in [0.15, 0.2) is 30.3 Å². The average Bonchev–Trinajstić information content (AvgIpc) is 2.90. The van der Waals surface area contributed by atoms with Crippen molar-refractivity contribution in [2.24, 2.45) is 0 Å². The molecule has 1 aromatic carbocycles. The maximum atomic E-state index is 13.1. The second-order valence-corrected chi connectivity index (χ2v) is 7.61. The van der Waals surface area contributed by atoms with Gasteiger partial charge in [0.2, 0.25) is 17.6 Å². The molecule has 0 aliphatic rings. The van der Waals surface area contributed by atoms with E-state index in [0.717, 1.165) is 0 Å². The van der Waals surface area contributed by atoms with Crippen LogP contribution in [0.25, 0.3) is 0 Å². The van der Waals surface area contributed by atoms with Crippen LogP contribution in [0.1, 0.15) is 39.3 Å². The Hall–Kier alpha value is -5.29. The van der Waals surface area contributed by atoms with E-state index in [-0.39, 0.29) is 5.69 Å². The minimum absolute atomic E-state index is 0.216. The Morgan fingerprint density at radius 1 is 0.683 bits per heavy atom. The van der Waals surface area contributed by atoms with E-state index in [4.69, 9.17) is 18.9 Å². The zero-order valence-electron chi connectivity index (χ0n) is 22.4. The van der Waals surface area contributed by atoms with Gasteiger partial charge in [-0.25, -0.2) is 24.2 Å². The van der Waals surface area contributed by atoms with Gasteiger partial charge in [-0.1, -0.05) is 18.2 Å². The first kappa shape index (κ1) is 31.9. The van der Waals surface area contributed by atoms with Gasteiger partial charge in [0, 0.05) is 5.69 Å². The molecule has 0 aliphatic heterocycles. The first-order valence-corrected chi connectivity index (χ1v) is 12.0. The maximum Gasteiger partial charge on any atom is 0.468 e. The van der Waals surface area contributed by atoms with Crippen LogP contribution in [0.4, 0.5) is 11.6 Å². The molecule has 41 heavy (non-hydrogen) atoms. The second kappa shape index (κ2) is 13.7. The number of ether oxygens (including phenoxy) is 4. The van der Waals surface area contributed by atoms with E-state index in [1.165, 1.54) is 39.8 Å². The minimum atomic E-state index is -3.66. The van der Waals surface area contributed by atoms with Crippen LogP contribution in [-0.4, -0.2) is 75.1 Å². The summed E-state index contributed by atoms with van der Waals surface area (Å²) in [7, 11) is 0. The summed E-state index contributed by atoms with van der Waals surface area (Å²) in [6, 6.07) is 7.69. The van der Waals surface area contributed by atoms with Gasteiger partial charge in [0.15, 0.2) is 0 Å². The molecule has 0 saturated heterocycles. The van der Waals surface area contributed by atoms with Crippen LogP contribution >= 0.6 is 0 Å². The van der Waals surface area contributed by atoms with Crippen molar-refractivity contribution in [1.29, 1.82) is 0 Å². The molecule has 18 nitrogen and oxygen atoms in total. The topological polar surface area (TPSA) is 242 Å². The number of nitrogens with one attached hydrogen (secondary N) is 1. The van der Waals surface area contributed by atoms with E-state index in [1.54, 1.807) is 18.2 Å². The highest BCUT2D eigenvalue weighted by Gasteiger charge is 2.70. The van der Waals surface area contributed by atoms with Crippen molar-refractivity contribution in [2.45, 2.75) is 38.8 Å². The van der Waals surface area contributed by atoms with Gasteiger partial charge in [-0.2, -0.15) is 9.97 Å². The molecule has 0 atom stereocenters. The molecule has 0 spiro atoms. The lowest BCUT2D eigenvalue weighted by Gasteiger charge is -2.23. The molecule has 0 amide bonds. The fraction of sp³-hybridized carbons (Fsp3) is 0.435. The number of anilines is 2. The highest BCUT2D eigenvalue weighted by atomic mass is 16.7. The second-order valence-electron chi connectivity index (χ2n) is 7.61. The number of hydrogen-bond donors (Lipinski definition) is 1. The number of nitro groups is 2. The summed E-state index contributed by atoms with van der Waals surface area (Å²) >= 11 is 0. The Morgan fingerprint density at radius 3 is 1.32 bits per heavy atom. The summed E-state index contributed by atoms with van der Waals surface area (Å²) in [5.41, 5.74) is -7.11. The summed E-state index contributed by atoms with van der Waals surface area (Å²) in [5, 5.41) is 27.5. The number of aromatic nitrogens is 3. The van der Waals surface area contributed by atoms with Gasteiger partial charge in [-0.3, -0.25) is 20.2 Å². The lowest BCUT2D eigenvalue weighted by atomic mass is 9.96. The van der Waals surface area contributed by atoms with Crippen molar-refractivity contribution in [3.63, 3.8) is 0 Å². The quantitative estimate of drug-likeness (QED) is 0.107. The Bertz CT molecular complexity index is 1210. The summed E-state index contributed by atoms with van der Waals surface area (Å²) in [6.45, 7) is 3.33. The van der Waals surface area contributed by atoms with E-state index < -0.39 is 88.8 Å². The molecule has 0 fully saturated rings. The van der Waals surface area contributed by atoms with Crippen molar-refractivity contribution < 1.29 is 48.0 Å². The number of para-hydroxylation sites is 1. The Kier molecular flexibility index (Phi) is 10.6. The number of carbonyl (C=O) groups excluding carboxylic acids is 4. The van der Waals surface area contributed by atoms with Crippen molar-refractivity contribution in [3.8, 4) is 0 Å². The van der Waals surface area contributed by atoms with E-state index in [1.807, 2.05) is 0 Å². The molecular formula is C23H26N6O12. The normalized spacial score (nSPS) is 11.1. The SMILES string of the molecule is CCOC(=O)C(C(=O)OCC)(c1nc(Nc2ccccc2)nc(C(C(=O)OCC)(C(=O)OCC)[N+](=O)[O-])n1)[N+](=O)[O-]. The number of esters is 4. The fourth-order valence-corrected chi connectivity index (χ4v) is 3.34. The number of carbonyl (C=O) groups is 4. The van der Waals surface area contributed by atoms with Gasteiger partial charge in [0.1, 0.15) is 0 Å². The minimum Gasteiger partial charge on any atom is -0.460 e. The number of rotatable bonds is 14. The predicted molar refractivity (Wildman–Crippen MR) is 133 cm³/mol. The van der Waals surface area contributed by atoms with Crippen LogP contribution in [-0.2, 0) is 49.2 Å².